The van der Waals surface area contributed by atoms with Gasteiger partial charge in [0.05, 0.1) is 12.2 Å². The van der Waals surface area contributed by atoms with Gasteiger partial charge in [-0.05, 0) is 58.4 Å². The van der Waals surface area contributed by atoms with E-state index in [9.17, 15) is 0 Å². The molecule has 5 unspecified atom stereocenters. The zero-order valence-electron chi connectivity index (χ0n) is 11.6. The van der Waals surface area contributed by atoms with E-state index in [0.717, 1.165) is 18.3 Å². The molecule has 0 aliphatic heterocycles. The summed E-state index contributed by atoms with van der Waals surface area (Å²) in [6, 6.07) is 0.551. The van der Waals surface area contributed by atoms with Gasteiger partial charge in [-0.2, -0.15) is 0 Å². The molecule has 0 radical (unpaired) electrons. The van der Waals surface area contributed by atoms with E-state index in [0.29, 0.717) is 18.2 Å². The summed E-state index contributed by atoms with van der Waals surface area (Å²) in [4.78, 5) is 0. The van der Waals surface area contributed by atoms with Gasteiger partial charge in [0.1, 0.15) is 0 Å². The van der Waals surface area contributed by atoms with Crippen molar-refractivity contribution in [3.63, 3.8) is 0 Å². The molecule has 0 amide bonds. The fourth-order valence-corrected chi connectivity index (χ4v) is 2.62. The Balaban J connectivity index is 2.26. The first kappa shape index (κ1) is 14.0. The molecule has 96 valence electrons. The van der Waals surface area contributed by atoms with Gasteiger partial charge in [-0.15, -0.1) is 0 Å². The van der Waals surface area contributed by atoms with Gasteiger partial charge in [-0.3, -0.25) is 0 Å². The second-order valence-corrected chi connectivity index (χ2v) is 5.76. The highest BCUT2D eigenvalue weighted by Crippen LogP contribution is 2.31. The summed E-state index contributed by atoms with van der Waals surface area (Å²) in [5.41, 5.74) is 0. The van der Waals surface area contributed by atoms with Gasteiger partial charge in [0.2, 0.25) is 0 Å². The minimum absolute atomic E-state index is 0.382. The third kappa shape index (κ3) is 4.42. The van der Waals surface area contributed by atoms with E-state index in [-0.39, 0.29) is 0 Å². The van der Waals surface area contributed by atoms with Crippen LogP contribution in [0.25, 0.3) is 0 Å². The fraction of sp³-hybridized carbons (Fsp3) is 1.00. The van der Waals surface area contributed by atoms with Crippen LogP contribution in [-0.4, -0.2) is 25.3 Å². The van der Waals surface area contributed by atoms with Crippen molar-refractivity contribution in [1.82, 2.24) is 5.32 Å². The first-order valence-corrected chi connectivity index (χ1v) is 6.85. The predicted octanol–water partition coefficient (Wildman–Crippen LogP) is 3.21. The molecular weight excluding hydrogens is 198 g/mol. The van der Waals surface area contributed by atoms with Crippen LogP contribution in [0.5, 0.6) is 0 Å². The molecule has 0 saturated heterocycles. The van der Waals surface area contributed by atoms with E-state index in [1.807, 2.05) is 7.05 Å². The molecule has 16 heavy (non-hydrogen) atoms. The van der Waals surface area contributed by atoms with Gasteiger partial charge in [0.15, 0.2) is 0 Å². The second-order valence-electron chi connectivity index (χ2n) is 5.76. The van der Waals surface area contributed by atoms with Crippen molar-refractivity contribution < 1.29 is 4.74 Å². The highest BCUT2D eigenvalue weighted by Gasteiger charge is 2.26. The first-order valence-electron chi connectivity index (χ1n) is 6.85. The fourth-order valence-electron chi connectivity index (χ4n) is 2.62. The molecule has 1 aliphatic rings. The number of hydrogen-bond acceptors (Lipinski definition) is 2. The van der Waals surface area contributed by atoms with Crippen molar-refractivity contribution in [2.45, 2.75) is 71.6 Å². The van der Waals surface area contributed by atoms with Crippen LogP contribution in [0.4, 0.5) is 0 Å². The number of nitrogens with one attached hydrogen (secondary N) is 1. The highest BCUT2D eigenvalue weighted by atomic mass is 16.5. The Morgan fingerprint density at radius 2 is 1.88 bits per heavy atom. The van der Waals surface area contributed by atoms with E-state index < -0.39 is 0 Å². The minimum atomic E-state index is 0.382. The van der Waals surface area contributed by atoms with Crippen molar-refractivity contribution >= 4 is 0 Å². The van der Waals surface area contributed by atoms with Gasteiger partial charge >= 0.3 is 0 Å². The number of hydrogen-bond donors (Lipinski definition) is 1. The summed E-state index contributed by atoms with van der Waals surface area (Å²) >= 11 is 0. The standard InChI is InChI=1S/C14H29NO/c1-10-6-7-14(8-11(10)2)16-13(4)9-12(3)15-5/h10-15H,6-9H2,1-5H3. The normalized spacial score (nSPS) is 34.7. The van der Waals surface area contributed by atoms with Crippen LogP contribution >= 0.6 is 0 Å². The first-order chi connectivity index (χ1) is 7.52. The molecule has 1 saturated carbocycles. The maximum atomic E-state index is 6.14. The Morgan fingerprint density at radius 1 is 1.19 bits per heavy atom. The van der Waals surface area contributed by atoms with E-state index in [2.05, 4.69) is 33.0 Å². The number of rotatable bonds is 5. The molecule has 2 heteroatoms. The van der Waals surface area contributed by atoms with Crippen LogP contribution in [0.15, 0.2) is 0 Å². The summed E-state index contributed by atoms with van der Waals surface area (Å²) in [6.45, 7) is 9.15. The Kier molecular flexibility index (Phi) is 5.77. The zero-order chi connectivity index (χ0) is 12.1. The molecule has 1 rings (SSSR count). The van der Waals surface area contributed by atoms with E-state index in [1.165, 1.54) is 19.3 Å². The van der Waals surface area contributed by atoms with Gasteiger partial charge < -0.3 is 10.1 Å². The lowest BCUT2D eigenvalue weighted by Crippen LogP contribution is -2.32. The lowest BCUT2D eigenvalue weighted by Gasteiger charge is -2.34. The van der Waals surface area contributed by atoms with Crippen LogP contribution in [0.1, 0.15) is 53.4 Å². The molecule has 0 bridgehead atoms. The SMILES string of the molecule is CNC(C)CC(C)OC1CCC(C)C(C)C1. The predicted molar refractivity (Wildman–Crippen MR) is 69.7 cm³/mol. The summed E-state index contributed by atoms with van der Waals surface area (Å²) in [5.74, 6) is 1.71. The lowest BCUT2D eigenvalue weighted by atomic mass is 9.80. The second kappa shape index (κ2) is 6.61. The molecule has 0 aromatic rings. The Bertz CT molecular complexity index is 195. The molecule has 0 aromatic carbocycles. The van der Waals surface area contributed by atoms with Crippen LogP contribution in [0.2, 0.25) is 0 Å². The van der Waals surface area contributed by atoms with Crippen molar-refractivity contribution in [2.75, 3.05) is 7.05 Å². The molecule has 0 aromatic heterocycles. The molecule has 1 aliphatic carbocycles. The largest absolute Gasteiger partial charge is 0.375 e. The van der Waals surface area contributed by atoms with Gasteiger partial charge in [-0.25, -0.2) is 0 Å². The van der Waals surface area contributed by atoms with Gasteiger partial charge in [0, 0.05) is 6.04 Å². The van der Waals surface area contributed by atoms with Gasteiger partial charge in [0.25, 0.3) is 0 Å². The quantitative estimate of drug-likeness (QED) is 0.778. The van der Waals surface area contributed by atoms with Gasteiger partial charge in [-0.1, -0.05) is 13.8 Å². The maximum Gasteiger partial charge on any atom is 0.0581 e. The Hall–Kier alpha value is -0.0800. The average Bonchev–Trinajstić information content (AvgIpc) is 2.23. The molecule has 0 spiro atoms. The summed E-state index contributed by atoms with van der Waals surface area (Å²) in [5, 5.41) is 3.27. The van der Waals surface area contributed by atoms with Crippen molar-refractivity contribution in [3.8, 4) is 0 Å². The third-order valence-electron chi connectivity index (χ3n) is 4.15. The Morgan fingerprint density at radius 3 is 2.44 bits per heavy atom. The van der Waals surface area contributed by atoms with Crippen LogP contribution in [0, 0.1) is 11.8 Å². The molecule has 2 nitrogen and oxygen atoms in total. The van der Waals surface area contributed by atoms with E-state index >= 15 is 0 Å². The molecular formula is C14H29NO. The van der Waals surface area contributed by atoms with Crippen molar-refractivity contribution in [3.05, 3.63) is 0 Å². The maximum absolute atomic E-state index is 6.14. The zero-order valence-corrected chi connectivity index (χ0v) is 11.6. The highest BCUT2D eigenvalue weighted by molar-refractivity contribution is 4.76. The smallest absolute Gasteiger partial charge is 0.0581 e. The molecule has 1 fully saturated rings. The molecule has 0 heterocycles. The topological polar surface area (TPSA) is 21.3 Å². The average molecular weight is 227 g/mol. The minimum Gasteiger partial charge on any atom is -0.375 e. The van der Waals surface area contributed by atoms with E-state index in [1.54, 1.807) is 0 Å². The summed E-state index contributed by atoms with van der Waals surface area (Å²) in [6.07, 6.45) is 5.83. The van der Waals surface area contributed by atoms with Crippen molar-refractivity contribution in [2.24, 2.45) is 11.8 Å². The summed E-state index contributed by atoms with van der Waals surface area (Å²) in [7, 11) is 2.02. The molecule has 1 N–H and O–H groups in total. The summed E-state index contributed by atoms with van der Waals surface area (Å²) < 4.78 is 6.14. The van der Waals surface area contributed by atoms with Crippen LogP contribution in [-0.2, 0) is 4.74 Å². The van der Waals surface area contributed by atoms with Crippen molar-refractivity contribution in [1.29, 1.82) is 0 Å². The number of ether oxygens (including phenoxy) is 1. The monoisotopic (exact) mass is 227 g/mol. The van der Waals surface area contributed by atoms with E-state index in [4.69, 9.17) is 4.74 Å². The third-order valence-corrected chi connectivity index (χ3v) is 4.15. The Labute approximate surface area is 101 Å². The van der Waals surface area contributed by atoms with Crippen LogP contribution in [0.3, 0.4) is 0 Å². The lowest BCUT2D eigenvalue weighted by molar-refractivity contribution is -0.0447. The molecule has 5 atom stereocenters. The van der Waals surface area contributed by atoms with Crippen LogP contribution < -0.4 is 5.32 Å².